The second-order valence-corrected chi connectivity index (χ2v) is 6.17. The summed E-state index contributed by atoms with van der Waals surface area (Å²) < 4.78 is 40.0. The third-order valence-electron chi connectivity index (χ3n) is 4.16. The van der Waals surface area contributed by atoms with Gasteiger partial charge in [0.05, 0.1) is 17.1 Å². The Labute approximate surface area is 151 Å². The Morgan fingerprint density at radius 1 is 1.19 bits per heavy atom. The molecule has 0 bridgehead atoms. The molecule has 2 N–H and O–H groups in total. The highest BCUT2D eigenvalue weighted by Crippen LogP contribution is 2.28. The van der Waals surface area contributed by atoms with Crippen LogP contribution in [0.25, 0.3) is 16.8 Å². The van der Waals surface area contributed by atoms with Gasteiger partial charge in [-0.25, -0.2) is 9.97 Å². The van der Waals surface area contributed by atoms with Gasteiger partial charge in [-0.1, -0.05) is 19.1 Å². The molecule has 1 unspecified atom stereocenters. The normalized spacial score (nSPS) is 13.4. The minimum Gasteiger partial charge on any atom is -0.360 e. The minimum absolute atomic E-state index is 0.107. The number of anilines is 1. The molecule has 0 aliphatic heterocycles. The zero-order valence-electron chi connectivity index (χ0n) is 14.5. The van der Waals surface area contributed by atoms with Crippen LogP contribution in [0, 0.1) is 6.92 Å². The van der Waals surface area contributed by atoms with E-state index >= 15 is 0 Å². The van der Waals surface area contributed by atoms with Crippen LogP contribution >= 0.6 is 0 Å². The van der Waals surface area contributed by atoms with Crippen LogP contribution < -0.4 is 5.32 Å². The molecule has 10 heteroatoms. The lowest BCUT2D eigenvalue weighted by Crippen LogP contribution is -2.15. The predicted octanol–water partition coefficient (Wildman–Crippen LogP) is 3.89. The number of fused-ring (bicyclic) bond motifs is 2. The van der Waals surface area contributed by atoms with E-state index in [1.54, 1.807) is 13.0 Å². The molecule has 4 aromatic rings. The smallest absolute Gasteiger partial charge is 0.360 e. The van der Waals surface area contributed by atoms with Crippen molar-refractivity contribution in [2.24, 2.45) is 0 Å². The molecule has 1 aromatic carbocycles. The molecule has 0 amide bonds. The lowest BCUT2D eigenvalue weighted by molar-refractivity contribution is -0.144. The molecule has 7 nitrogen and oxygen atoms in total. The van der Waals surface area contributed by atoms with Crippen molar-refractivity contribution < 1.29 is 13.2 Å². The summed E-state index contributed by atoms with van der Waals surface area (Å²) in [5, 5.41) is 6.79. The Morgan fingerprint density at radius 2 is 1.96 bits per heavy atom. The maximum Gasteiger partial charge on any atom is 0.453 e. The van der Waals surface area contributed by atoms with E-state index in [1.807, 2.05) is 31.2 Å². The van der Waals surface area contributed by atoms with Gasteiger partial charge < -0.3 is 10.3 Å². The second-order valence-electron chi connectivity index (χ2n) is 6.17. The Bertz CT molecular complexity index is 1080. The molecule has 0 saturated heterocycles. The Kier molecular flexibility index (Phi) is 3.97. The van der Waals surface area contributed by atoms with Crippen molar-refractivity contribution in [1.29, 1.82) is 0 Å². The van der Waals surface area contributed by atoms with E-state index in [-0.39, 0.29) is 11.8 Å². The highest BCUT2D eigenvalue weighted by Gasteiger charge is 2.37. The topological polar surface area (TPSA) is 83.8 Å². The van der Waals surface area contributed by atoms with Crippen LogP contribution in [-0.4, -0.2) is 29.5 Å². The second kappa shape index (κ2) is 6.22. The molecular formula is C17H16F3N7. The molecule has 0 saturated carbocycles. The highest BCUT2D eigenvalue weighted by molar-refractivity contribution is 5.74. The number of nitrogens with zero attached hydrogens (tertiary/aromatic N) is 5. The van der Waals surface area contributed by atoms with E-state index in [2.05, 4.69) is 30.4 Å². The van der Waals surface area contributed by atoms with Gasteiger partial charge in [-0.2, -0.15) is 22.7 Å². The molecule has 4 rings (SSSR count). The van der Waals surface area contributed by atoms with Gasteiger partial charge in [0, 0.05) is 11.8 Å². The zero-order valence-corrected chi connectivity index (χ0v) is 14.5. The fourth-order valence-corrected chi connectivity index (χ4v) is 2.89. The van der Waals surface area contributed by atoms with Crippen molar-refractivity contribution in [2.45, 2.75) is 32.5 Å². The van der Waals surface area contributed by atoms with Crippen LogP contribution in [0.5, 0.6) is 0 Å². The quantitative estimate of drug-likeness (QED) is 0.565. The number of aryl methyl sites for hydroxylation is 1. The molecule has 3 heterocycles. The average Bonchev–Trinajstić information content (AvgIpc) is 3.22. The van der Waals surface area contributed by atoms with E-state index in [4.69, 9.17) is 0 Å². The molecule has 1 atom stereocenters. The number of hydrogen-bond acceptors (Lipinski definition) is 5. The van der Waals surface area contributed by atoms with Gasteiger partial charge in [-0.3, -0.25) is 0 Å². The molecule has 0 spiro atoms. The summed E-state index contributed by atoms with van der Waals surface area (Å²) in [7, 11) is 0. The Morgan fingerprint density at radius 3 is 2.67 bits per heavy atom. The largest absolute Gasteiger partial charge is 0.453 e. The maximum absolute atomic E-state index is 13.0. The summed E-state index contributed by atoms with van der Waals surface area (Å²) in [5.74, 6) is -0.269. The van der Waals surface area contributed by atoms with Crippen molar-refractivity contribution in [2.75, 3.05) is 5.32 Å². The monoisotopic (exact) mass is 375 g/mol. The number of benzene rings is 1. The van der Waals surface area contributed by atoms with Crippen molar-refractivity contribution in [3.05, 3.63) is 47.7 Å². The molecule has 0 aliphatic rings. The fraction of sp³-hybridized carbons (Fsp3) is 0.294. The molecule has 3 aromatic heterocycles. The van der Waals surface area contributed by atoms with Crippen LogP contribution in [0.3, 0.4) is 0 Å². The van der Waals surface area contributed by atoms with Gasteiger partial charge in [-0.15, -0.1) is 5.10 Å². The molecule has 0 aliphatic carbocycles. The number of aromatic nitrogens is 6. The van der Waals surface area contributed by atoms with Gasteiger partial charge in [0.15, 0.2) is 0 Å². The molecule has 0 fully saturated rings. The first-order valence-electron chi connectivity index (χ1n) is 8.38. The van der Waals surface area contributed by atoms with Crippen LogP contribution in [0.1, 0.15) is 36.7 Å². The van der Waals surface area contributed by atoms with E-state index in [0.29, 0.717) is 23.8 Å². The standard InChI is InChI=1S/C17H16F3N7/c1-3-10(14-23-11-6-4-5-7-12(11)24-14)22-13-8-9(2)21-16-25-15(17(18,19)20)26-27(13)16/h4-8,10,22H,3H2,1-2H3,(H,23,24). The van der Waals surface area contributed by atoms with Gasteiger partial charge in [0.2, 0.25) is 0 Å². The number of alkyl halides is 3. The van der Waals surface area contributed by atoms with Crippen molar-refractivity contribution >= 4 is 22.6 Å². The van der Waals surface area contributed by atoms with Gasteiger partial charge in [-0.05, 0) is 25.5 Å². The van der Waals surface area contributed by atoms with Gasteiger partial charge in [0.25, 0.3) is 11.6 Å². The lowest BCUT2D eigenvalue weighted by Gasteiger charge is -2.16. The number of hydrogen-bond donors (Lipinski definition) is 2. The van der Waals surface area contributed by atoms with E-state index in [0.717, 1.165) is 15.5 Å². The number of halogens is 3. The van der Waals surface area contributed by atoms with Crippen molar-refractivity contribution in [3.8, 4) is 0 Å². The van der Waals surface area contributed by atoms with Crippen molar-refractivity contribution in [3.63, 3.8) is 0 Å². The maximum atomic E-state index is 13.0. The number of H-pyrrole nitrogens is 1. The lowest BCUT2D eigenvalue weighted by atomic mass is 10.2. The van der Waals surface area contributed by atoms with Crippen LogP contribution in [0.4, 0.5) is 19.0 Å². The van der Waals surface area contributed by atoms with Crippen LogP contribution in [0.15, 0.2) is 30.3 Å². The predicted molar refractivity (Wildman–Crippen MR) is 93.3 cm³/mol. The third kappa shape index (κ3) is 3.18. The van der Waals surface area contributed by atoms with Gasteiger partial charge >= 0.3 is 6.18 Å². The average molecular weight is 375 g/mol. The van der Waals surface area contributed by atoms with Gasteiger partial charge in [0.1, 0.15) is 11.6 Å². The Hall–Kier alpha value is -3.17. The molecular weight excluding hydrogens is 359 g/mol. The summed E-state index contributed by atoms with van der Waals surface area (Å²) in [6.07, 6.45) is -3.98. The number of aromatic amines is 1. The van der Waals surface area contributed by atoms with E-state index in [9.17, 15) is 13.2 Å². The number of para-hydroxylation sites is 2. The fourth-order valence-electron chi connectivity index (χ4n) is 2.89. The third-order valence-corrected chi connectivity index (χ3v) is 4.16. The minimum atomic E-state index is -4.64. The number of nitrogens with one attached hydrogen (secondary N) is 2. The SMILES string of the molecule is CCC(Nc1cc(C)nc2nc(C(F)(F)F)nn12)c1nc2ccccc2[nH]1. The van der Waals surface area contributed by atoms with Crippen LogP contribution in [-0.2, 0) is 6.18 Å². The van der Waals surface area contributed by atoms with Crippen LogP contribution in [0.2, 0.25) is 0 Å². The molecule has 27 heavy (non-hydrogen) atoms. The Balaban J connectivity index is 1.75. The highest BCUT2D eigenvalue weighted by atomic mass is 19.4. The summed E-state index contributed by atoms with van der Waals surface area (Å²) >= 11 is 0. The first kappa shape index (κ1) is 17.3. The summed E-state index contributed by atoms with van der Waals surface area (Å²) in [6, 6.07) is 8.99. The van der Waals surface area contributed by atoms with E-state index < -0.39 is 12.0 Å². The number of rotatable bonds is 4. The number of imidazole rings is 1. The summed E-state index contributed by atoms with van der Waals surface area (Å²) in [4.78, 5) is 15.3. The molecule has 140 valence electrons. The van der Waals surface area contributed by atoms with E-state index in [1.165, 1.54) is 0 Å². The first-order valence-corrected chi connectivity index (χ1v) is 8.38. The van der Waals surface area contributed by atoms with Crippen molar-refractivity contribution in [1.82, 2.24) is 29.5 Å². The zero-order chi connectivity index (χ0) is 19.2. The first-order chi connectivity index (χ1) is 12.8. The molecule has 0 radical (unpaired) electrons. The summed E-state index contributed by atoms with van der Waals surface area (Å²) in [6.45, 7) is 3.65. The summed E-state index contributed by atoms with van der Waals surface area (Å²) in [5.41, 5.74) is 2.25.